The number of imidazole rings is 1. The maximum atomic E-state index is 12.6. The van der Waals surface area contributed by atoms with Gasteiger partial charge in [-0.3, -0.25) is 4.79 Å². The summed E-state index contributed by atoms with van der Waals surface area (Å²) >= 11 is 0. The third-order valence-corrected chi connectivity index (χ3v) is 4.40. The number of nitrogens with one attached hydrogen (secondary N) is 1. The molecule has 0 radical (unpaired) electrons. The summed E-state index contributed by atoms with van der Waals surface area (Å²) in [5.74, 6) is 1.76. The first-order chi connectivity index (χ1) is 11.2. The number of ether oxygens (including phenoxy) is 1. The van der Waals surface area contributed by atoms with Crippen molar-refractivity contribution in [3.63, 3.8) is 0 Å². The van der Waals surface area contributed by atoms with Crippen LogP contribution in [0.4, 0.5) is 0 Å². The molecule has 1 N–H and O–H groups in total. The lowest BCUT2D eigenvalue weighted by Crippen LogP contribution is -2.41. The summed E-state index contributed by atoms with van der Waals surface area (Å²) in [6.45, 7) is 2.79. The number of hydrogen-bond donors (Lipinski definition) is 1. The molecule has 5 heteroatoms. The smallest absolute Gasteiger partial charge is 0.255 e. The van der Waals surface area contributed by atoms with Gasteiger partial charge in [0.2, 0.25) is 0 Å². The van der Waals surface area contributed by atoms with Crippen molar-refractivity contribution in [1.82, 2.24) is 14.9 Å². The van der Waals surface area contributed by atoms with Crippen molar-refractivity contribution >= 4 is 5.91 Å². The zero-order chi connectivity index (χ0) is 15.8. The van der Waals surface area contributed by atoms with E-state index < -0.39 is 0 Å². The average molecular weight is 311 g/mol. The van der Waals surface area contributed by atoms with Crippen molar-refractivity contribution in [2.75, 3.05) is 0 Å². The first-order valence-corrected chi connectivity index (χ1v) is 8.28. The number of rotatable bonds is 4. The molecule has 2 aromatic rings. The van der Waals surface area contributed by atoms with Gasteiger partial charge in [-0.2, -0.15) is 0 Å². The van der Waals surface area contributed by atoms with Gasteiger partial charge in [0.1, 0.15) is 11.6 Å². The first kappa shape index (κ1) is 14.3. The fraction of sp³-hybridized carbons (Fsp3) is 0.444. The average Bonchev–Trinajstić information content (AvgIpc) is 3.26. The number of para-hydroxylation sites is 1. The van der Waals surface area contributed by atoms with Crippen molar-refractivity contribution in [2.24, 2.45) is 0 Å². The van der Waals surface area contributed by atoms with Crippen LogP contribution in [0, 0.1) is 6.92 Å². The minimum absolute atomic E-state index is 0.0495. The van der Waals surface area contributed by atoms with Gasteiger partial charge >= 0.3 is 0 Å². The molecule has 0 saturated heterocycles. The third-order valence-electron chi connectivity index (χ3n) is 4.40. The summed E-state index contributed by atoms with van der Waals surface area (Å²) in [5, 5.41) is 3.15. The fourth-order valence-electron chi connectivity index (χ4n) is 3.09. The molecule has 1 amide bonds. The van der Waals surface area contributed by atoms with Crippen LogP contribution in [0.5, 0.6) is 5.75 Å². The van der Waals surface area contributed by atoms with E-state index in [4.69, 9.17) is 4.74 Å². The monoisotopic (exact) mass is 311 g/mol. The van der Waals surface area contributed by atoms with Gasteiger partial charge in [-0.15, -0.1) is 0 Å². The van der Waals surface area contributed by atoms with Crippen molar-refractivity contribution in [3.8, 4) is 5.75 Å². The van der Waals surface area contributed by atoms with E-state index in [1.54, 1.807) is 0 Å². The molecular formula is C18H21N3O2. The zero-order valence-electron chi connectivity index (χ0n) is 13.3. The molecule has 1 atom stereocenters. The highest BCUT2D eigenvalue weighted by Crippen LogP contribution is 2.29. The van der Waals surface area contributed by atoms with Crippen molar-refractivity contribution in [1.29, 1.82) is 0 Å². The Hall–Kier alpha value is -2.30. The Morgan fingerprint density at radius 1 is 1.30 bits per heavy atom. The predicted molar refractivity (Wildman–Crippen MR) is 86.6 cm³/mol. The highest BCUT2D eigenvalue weighted by Gasteiger charge is 2.27. The van der Waals surface area contributed by atoms with Crippen molar-refractivity contribution in [3.05, 3.63) is 47.5 Å². The topological polar surface area (TPSA) is 56.2 Å². The van der Waals surface area contributed by atoms with E-state index in [9.17, 15) is 4.79 Å². The van der Waals surface area contributed by atoms with Crippen LogP contribution in [0.25, 0.3) is 0 Å². The Balaban J connectivity index is 1.46. The Bertz CT molecular complexity index is 734. The van der Waals surface area contributed by atoms with E-state index in [0.29, 0.717) is 11.3 Å². The molecule has 4 rings (SSSR count). The molecule has 0 bridgehead atoms. The second kappa shape index (κ2) is 5.72. The molecule has 1 aromatic heterocycles. The molecular weight excluding hydrogens is 290 g/mol. The molecule has 1 saturated carbocycles. The lowest BCUT2D eigenvalue weighted by molar-refractivity contribution is 0.0923. The van der Waals surface area contributed by atoms with Gasteiger partial charge < -0.3 is 14.6 Å². The SMILES string of the molecule is Cc1cn2c(n1)CCC(NC(=O)c1ccccc1OC1CC1)C2. The Labute approximate surface area is 135 Å². The molecule has 1 aromatic carbocycles. The minimum atomic E-state index is -0.0495. The molecule has 1 aliphatic carbocycles. The van der Waals surface area contributed by atoms with Crippen LogP contribution in [0.2, 0.25) is 0 Å². The third kappa shape index (κ3) is 3.09. The van der Waals surface area contributed by atoms with Crippen LogP contribution in [0.15, 0.2) is 30.5 Å². The molecule has 0 spiro atoms. The highest BCUT2D eigenvalue weighted by molar-refractivity contribution is 5.97. The number of benzene rings is 1. The van der Waals surface area contributed by atoms with E-state index in [0.717, 1.165) is 43.7 Å². The fourth-order valence-corrected chi connectivity index (χ4v) is 3.09. The van der Waals surface area contributed by atoms with E-state index in [2.05, 4.69) is 21.1 Å². The van der Waals surface area contributed by atoms with Crippen LogP contribution in [-0.2, 0) is 13.0 Å². The zero-order valence-corrected chi connectivity index (χ0v) is 13.3. The molecule has 23 heavy (non-hydrogen) atoms. The number of amides is 1. The molecule has 2 heterocycles. The Morgan fingerprint density at radius 3 is 2.96 bits per heavy atom. The number of carbonyl (C=O) groups excluding carboxylic acids is 1. The lowest BCUT2D eigenvalue weighted by Gasteiger charge is -2.25. The van der Waals surface area contributed by atoms with Gasteiger partial charge in [0.15, 0.2) is 0 Å². The van der Waals surface area contributed by atoms with E-state index in [-0.39, 0.29) is 18.1 Å². The Kier molecular flexibility index (Phi) is 3.56. The van der Waals surface area contributed by atoms with Gasteiger partial charge in [0.05, 0.1) is 17.4 Å². The number of fused-ring (bicyclic) bond motifs is 1. The van der Waals surface area contributed by atoms with Gasteiger partial charge in [-0.1, -0.05) is 12.1 Å². The molecule has 1 fully saturated rings. The summed E-state index contributed by atoms with van der Waals surface area (Å²) < 4.78 is 8.00. The lowest BCUT2D eigenvalue weighted by atomic mass is 10.1. The molecule has 1 unspecified atom stereocenters. The number of carbonyl (C=O) groups is 1. The number of aromatic nitrogens is 2. The highest BCUT2D eigenvalue weighted by atomic mass is 16.5. The van der Waals surface area contributed by atoms with Crippen molar-refractivity contribution < 1.29 is 9.53 Å². The van der Waals surface area contributed by atoms with Crippen LogP contribution >= 0.6 is 0 Å². The predicted octanol–water partition coefficient (Wildman–Crippen LogP) is 2.48. The summed E-state index contributed by atoms with van der Waals surface area (Å²) in [5.41, 5.74) is 1.67. The van der Waals surface area contributed by atoms with E-state index in [1.165, 1.54) is 0 Å². The van der Waals surface area contributed by atoms with Crippen LogP contribution in [0.3, 0.4) is 0 Å². The summed E-state index contributed by atoms with van der Waals surface area (Å²) in [7, 11) is 0. The molecule has 5 nitrogen and oxygen atoms in total. The number of hydrogen-bond acceptors (Lipinski definition) is 3. The second-order valence-corrected chi connectivity index (χ2v) is 6.47. The van der Waals surface area contributed by atoms with Crippen molar-refractivity contribution in [2.45, 2.75) is 51.3 Å². The van der Waals surface area contributed by atoms with Gasteiger partial charge in [0.25, 0.3) is 5.91 Å². The number of nitrogens with zero attached hydrogens (tertiary/aromatic N) is 2. The van der Waals surface area contributed by atoms with Crippen LogP contribution < -0.4 is 10.1 Å². The normalized spacial score (nSPS) is 20.0. The maximum Gasteiger partial charge on any atom is 0.255 e. The van der Waals surface area contributed by atoms with E-state index >= 15 is 0 Å². The Morgan fingerprint density at radius 2 is 2.13 bits per heavy atom. The molecule has 120 valence electrons. The molecule has 1 aliphatic heterocycles. The van der Waals surface area contributed by atoms with Crippen LogP contribution in [0.1, 0.15) is 41.1 Å². The summed E-state index contributed by atoms with van der Waals surface area (Å²) in [6.07, 6.45) is 6.34. The van der Waals surface area contributed by atoms with Gasteiger partial charge in [-0.05, 0) is 38.3 Å². The quantitative estimate of drug-likeness (QED) is 0.944. The van der Waals surface area contributed by atoms with E-state index in [1.807, 2.05) is 31.2 Å². The number of aryl methyl sites for hydroxylation is 2. The minimum Gasteiger partial charge on any atom is -0.490 e. The van der Waals surface area contributed by atoms with Crippen LogP contribution in [-0.4, -0.2) is 27.6 Å². The first-order valence-electron chi connectivity index (χ1n) is 8.28. The summed E-state index contributed by atoms with van der Waals surface area (Å²) in [4.78, 5) is 17.1. The standard InChI is InChI=1S/C18H21N3O2/c1-12-10-21-11-13(6-9-17(21)19-12)20-18(22)15-4-2-3-5-16(15)23-14-7-8-14/h2-5,10,13-14H,6-9,11H2,1H3,(H,20,22). The second-order valence-electron chi connectivity index (χ2n) is 6.47. The van der Waals surface area contributed by atoms with Gasteiger partial charge in [-0.25, -0.2) is 4.98 Å². The summed E-state index contributed by atoms with van der Waals surface area (Å²) in [6, 6.07) is 7.65. The maximum absolute atomic E-state index is 12.6. The largest absolute Gasteiger partial charge is 0.490 e. The van der Waals surface area contributed by atoms with Gasteiger partial charge in [0, 0.05) is 25.2 Å². The molecule has 2 aliphatic rings.